The number of rotatable bonds is 4. The van der Waals surface area contributed by atoms with E-state index in [0.29, 0.717) is 17.9 Å². The fourth-order valence-corrected chi connectivity index (χ4v) is 1.68. The average molecular weight is 194 g/mol. The van der Waals surface area contributed by atoms with Gasteiger partial charge in [-0.1, -0.05) is 41.0 Å². The minimum absolute atomic E-state index is 0. The van der Waals surface area contributed by atoms with E-state index in [1.165, 1.54) is 6.42 Å². The second kappa shape index (κ2) is 6.73. The first-order valence-corrected chi connectivity index (χ1v) is 4.76. The van der Waals surface area contributed by atoms with Crippen LogP contribution in [0.1, 0.15) is 41.0 Å². The monoisotopic (exact) mass is 193 g/mol. The Morgan fingerprint density at radius 1 is 1.00 bits per heavy atom. The molecule has 2 unspecified atom stereocenters. The summed E-state index contributed by atoms with van der Waals surface area (Å²) in [5, 5.41) is 0. The van der Waals surface area contributed by atoms with Crippen molar-refractivity contribution in [3.63, 3.8) is 0 Å². The molecule has 0 saturated carbocycles. The Bertz CT molecular complexity index is 102. The second-order valence-electron chi connectivity index (χ2n) is 4.14. The van der Waals surface area contributed by atoms with Crippen molar-refractivity contribution in [2.24, 2.45) is 23.5 Å². The average Bonchev–Trinajstić information content (AvgIpc) is 1.88. The standard InChI is InChI=1S/C10H23N.ClH/c1-6-9(7(2)3)10(11)8(4)5;/h7-10H,6,11H2,1-5H3;1H. The highest BCUT2D eigenvalue weighted by atomic mass is 35.5. The molecular weight excluding hydrogens is 170 g/mol. The highest BCUT2D eigenvalue weighted by molar-refractivity contribution is 5.85. The van der Waals surface area contributed by atoms with Crippen LogP contribution in [-0.4, -0.2) is 6.04 Å². The van der Waals surface area contributed by atoms with Crippen molar-refractivity contribution in [1.82, 2.24) is 0 Å². The van der Waals surface area contributed by atoms with Gasteiger partial charge in [-0.15, -0.1) is 12.4 Å². The van der Waals surface area contributed by atoms with Crippen LogP contribution in [0.5, 0.6) is 0 Å². The third-order valence-electron chi connectivity index (χ3n) is 2.59. The molecule has 2 N–H and O–H groups in total. The molecule has 0 aliphatic carbocycles. The van der Waals surface area contributed by atoms with Crippen LogP contribution in [0.3, 0.4) is 0 Å². The lowest BCUT2D eigenvalue weighted by Gasteiger charge is -2.28. The summed E-state index contributed by atoms with van der Waals surface area (Å²) in [4.78, 5) is 0. The van der Waals surface area contributed by atoms with Gasteiger partial charge in [-0.2, -0.15) is 0 Å². The van der Waals surface area contributed by atoms with Gasteiger partial charge in [-0.05, 0) is 17.8 Å². The molecule has 76 valence electrons. The first-order chi connectivity index (χ1) is 5.00. The number of hydrogen-bond acceptors (Lipinski definition) is 1. The molecule has 0 spiro atoms. The van der Waals surface area contributed by atoms with E-state index in [4.69, 9.17) is 5.73 Å². The molecule has 12 heavy (non-hydrogen) atoms. The van der Waals surface area contributed by atoms with Crippen LogP contribution in [0.25, 0.3) is 0 Å². The Labute approximate surface area is 83.5 Å². The van der Waals surface area contributed by atoms with Gasteiger partial charge >= 0.3 is 0 Å². The van der Waals surface area contributed by atoms with E-state index in [0.717, 1.165) is 5.92 Å². The molecule has 0 rings (SSSR count). The van der Waals surface area contributed by atoms with E-state index in [-0.39, 0.29) is 12.4 Å². The summed E-state index contributed by atoms with van der Waals surface area (Å²) in [5.41, 5.74) is 6.07. The van der Waals surface area contributed by atoms with Crippen LogP contribution in [0.4, 0.5) is 0 Å². The fourth-order valence-electron chi connectivity index (χ4n) is 1.68. The molecule has 0 aromatic rings. The van der Waals surface area contributed by atoms with E-state index in [9.17, 15) is 0 Å². The molecule has 0 saturated heterocycles. The molecule has 0 fully saturated rings. The maximum atomic E-state index is 6.07. The number of hydrogen-bond donors (Lipinski definition) is 1. The lowest BCUT2D eigenvalue weighted by molar-refractivity contribution is 0.260. The molecule has 0 aliphatic heterocycles. The third kappa shape index (κ3) is 4.32. The zero-order valence-corrected chi connectivity index (χ0v) is 9.82. The van der Waals surface area contributed by atoms with Crippen LogP contribution in [0.2, 0.25) is 0 Å². The van der Waals surface area contributed by atoms with E-state index in [1.807, 2.05) is 0 Å². The molecule has 0 aliphatic rings. The molecule has 0 radical (unpaired) electrons. The third-order valence-corrected chi connectivity index (χ3v) is 2.59. The zero-order chi connectivity index (χ0) is 9.02. The Kier molecular flexibility index (Phi) is 8.28. The van der Waals surface area contributed by atoms with Gasteiger partial charge in [-0.3, -0.25) is 0 Å². The summed E-state index contributed by atoms with van der Waals surface area (Å²) in [6.07, 6.45) is 1.21. The van der Waals surface area contributed by atoms with Crippen LogP contribution in [0.15, 0.2) is 0 Å². The van der Waals surface area contributed by atoms with Crippen LogP contribution in [0, 0.1) is 17.8 Å². The Balaban J connectivity index is 0. The summed E-state index contributed by atoms with van der Waals surface area (Å²) >= 11 is 0. The van der Waals surface area contributed by atoms with Gasteiger partial charge in [0.1, 0.15) is 0 Å². The lowest BCUT2D eigenvalue weighted by Crippen LogP contribution is -2.37. The van der Waals surface area contributed by atoms with Crippen molar-refractivity contribution in [3.05, 3.63) is 0 Å². The maximum absolute atomic E-state index is 6.07. The summed E-state index contributed by atoms with van der Waals surface area (Å²) in [7, 11) is 0. The highest BCUT2D eigenvalue weighted by Gasteiger charge is 2.21. The van der Waals surface area contributed by atoms with Crippen molar-refractivity contribution < 1.29 is 0 Å². The maximum Gasteiger partial charge on any atom is 0.00927 e. The Morgan fingerprint density at radius 3 is 1.50 bits per heavy atom. The molecule has 0 heterocycles. The quantitative estimate of drug-likeness (QED) is 0.730. The van der Waals surface area contributed by atoms with Gasteiger partial charge in [0, 0.05) is 6.04 Å². The first kappa shape index (κ1) is 14.8. The molecule has 0 amide bonds. The molecule has 0 aromatic carbocycles. The summed E-state index contributed by atoms with van der Waals surface area (Å²) < 4.78 is 0. The van der Waals surface area contributed by atoms with Crippen LogP contribution >= 0.6 is 12.4 Å². The fraction of sp³-hybridized carbons (Fsp3) is 1.00. The second-order valence-corrected chi connectivity index (χ2v) is 4.14. The Hall–Kier alpha value is 0.250. The molecule has 0 aromatic heterocycles. The van der Waals surface area contributed by atoms with Gasteiger partial charge in [-0.25, -0.2) is 0 Å². The van der Waals surface area contributed by atoms with Gasteiger partial charge in [0.2, 0.25) is 0 Å². The van der Waals surface area contributed by atoms with E-state index in [2.05, 4.69) is 34.6 Å². The number of halogens is 1. The van der Waals surface area contributed by atoms with E-state index < -0.39 is 0 Å². The SMILES string of the molecule is CCC(C(C)C)C(N)C(C)C.Cl. The minimum Gasteiger partial charge on any atom is -0.327 e. The normalized spacial score (nSPS) is 16.0. The molecule has 1 nitrogen and oxygen atoms in total. The number of nitrogens with two attached hydrogens (primary N) is 1. The van der Waals surface area contributed by atoms with Gasteiger partial charge in [0.25, 0.3) is 0 Å². The van der Waals surface area contributed by atoms with Crippen molar-refractivity contribution in [3.8, 4) is 0 Å². The van der Waals surface area contributed by atoms with E-state index in [1.54, 1.807) is 0 Å². The zero-order valence-electron chi connectivity index (χ0n) is 9.00. The minimum atomic E-state index is 0. The highest BCUT2D eigenvalue weighted by Crippen LogP contribution is 2.21. The molecule has 0 bridgehead atoms. The first-order valence-electron chi connectivity index (χ1n) is 4.76. The molecule has 2 heteroatoms. The summed E-state index contributed by atoms with van der Waals surface area (Å²) in [6.45, 7) is 11.2. The summed E-state index contributed by atoms with van der Waals surface area (Å²) in [6, 6.07) is 0.375. The van der Waals surface area contributed by atoms with Gasteiger partial charge in [0.05, 0.1) is 0 Å². The predicted molar refractivity (Wildman–Crippen MR) is 58.7 cm³/mol. The molecular formula is C10H24ClN. The van der Waals surface area contributed by atoms with Crippen molar-refractivity contribution in [2.75, 3.05) is 0 Å². The largest absolute Gasteiger partial charge is 0.327 e. The van der Waals surface area contributed by atoms with Crippen LogP contribution in [-0.2, 0) is 0 Å². The van der Waals surface area contributed by atoms with Gasteiger partial charge in [0.15, 0.2) is 0 Å². The van der Waals surface area contributed by atoms with Crippen molar-refractivity contribution in [2.45, 2.75) is 47.1 Å². The smallest absolute Gasteiger partial charge is 0.00927 e. The Morgan fingerprint density at radius 2 is 1.42 bits per heavy atom. The van der Waals surface area contributed by atoms with Crippen molar-refractivity contribution in [1.29, 1.82) is 0 Å². The van der Waals surface area contributed by atoms with Crippen LogP contribution < -0.4 is 5.73 Å². The van der Waals surface area contributed by atoms with Crippen molar-refractivity contribution >= 4 is 12.4 Å². The molecule has 2 atom stereocenters. The predicted octanol–water partition coefficient (Wildman–Crippen LogP) is 3.07. The van der Waals surface area contributed by atoms with E-state index >= 15 is 0 Å². The van der Waals surface area contributed by atoms with Gasteiger partial charge < -0.3 is 5.73 Å². The topological polar surface area (TPSA) is 26.0 Å². The summed E-state index contributed by atoms with van der Waals surface area (Å²) in [5.74, 6) is 2.02. The lowest BCUT2D eigenvalue weighted by atomic mass is 9.81.